The molecule has 0 fully saturated rings. The number of nitrogens with two attached hydrogens (primary N) is 1. The summed E-state index contributed by atoms with van der Waals surface area (Å²) < 4.78 is 5.46. The average Bonchev–Trinajstić information content (AvgIpc) is 2.31. The minimum Gasteiger partial charge on any atom is -0.438 e. The molecule has 0 aliphatic rings. The number of para-hydroxylation sites is 1. The van der Waals surface area contributed by atoms with Gasteiger partial charge in [-0.15, -0.1) is 0 Å². The number of benzene rings is 1. The van der Waals surface area contributed by atoms with Crippen molar-refractivity contribution >= 4 is 5.91 Å². The molecular formula is C12H12N2O2. The third kappa shape index (κ3) is 2.17. The van der Waals surface area contributed by atoms with Gasteiger partial charge in [-0.1, -0.05) is 18.2 Å². The SMILES string of the molecule is NC(=O)c1cccnc1Oc1ccccc1.[HH]. The van der Waals surface area contributed by atoms with Crippen LogP contribution in [0.15, 0.2) is 48.7 Å². The molecule has 0 saturated carbocycles. The van der Waals surface area contributed by atoms with Gasteiger partial charge in [0.2, 0.25) is 5.88 Å². The highest BCUT2D eigenvalue weighted by Gasteiger charge is 2.10. The van der Waals surface area contributed by atoms with E-state index in [1.54, 1.807) is 30.5 Å². The van der Waals surface area contributed by atoms with Gasteiger partial charge in [0.15, 0.2) is 0 Å². The molecule has 1 amide bonds. The molecule has 0 saturated heterocycles. The predicted octanol–water partition coefficient (Wildman–Crippen LogP) is 2.22. The smallest absolute Gasteiger partial charge is 0.254 e. The number of carbonyl (C=O) groups is 1. The molecule has 2 N–H and O–H groups in total. The highest BCUT2D eigenvalue weighted by molar-refractivity contribution is 5.95. The van der Waals surface area contributed by atoms with Crippen LogP contribution in [0.3, 0.4) is 0 Å². The van der Waals surface area contributed by atoms with Crippen molar-refractivity contribution < 1.29 is 11.0 Å². The molecule has 0 radical (unpaired) electrons. The fraction of sp³-hybridized carbons (Fsp3) is 0. The number of amides is 1. The van der Waals surface area contributed by atoms with E-state index in [9.17, 15) is 4.79 Å². The van der Waals surface area contributed by atoms with Crippen LogP contribution in [-0.4, -0.2) is 10.9 Å². The zero-order valence-electron chi connectivity index (χ0n) is 8.46. The van der Waals surface area contributed by atoms with E-state index in [1.807, 2.05) is 18.2 Å². The van der Waals surface area contributed by atoms with Crippen LogP contribution in [0.4, 0.5) is 0 Å². The first kappa shape index (κ1) is 10.2. The fourth-order valence-corrected chi connectivity index (χ4v) is 1.26. The molecule has 16 heavy (non-hydrogen) atoms. The summed E-state index contributed by atoms with van der Waals surface area (Å²) >= 11 is 0. The fourth-order valence-electron chi connectivity index (χ4n) is 1.26. The number of carbonyl (C=O) groups excluding carboxylic acids is 1. The van der Waals surface area contributed by atoms with Crippen LogP contribution in [-0.2, 0) is 0 Å². The second-order valence-corrected chi connectivity index (χ2v) is 3.14. The number of nitrogens with zero attached hydrogens (tertiary/aromatic N) is 1. The lowest BCUT2D eigenvalue weighted by Crippen LogP contribution is -2.12. The summed E-state index contributed by atoms with van der Waals surface area (Å²) in [4.78, 5) is 15.1. The minimum absolute atomic E-state index is 0. The lowest BCUT2D eigenvalue weighted by molar-refractivity contribution is 0.0997. The molecule has 0 atom stereocenters. The largest absolute Gasteiger partial charge is 0.438 e. The summed E-state index contributed by atoms with van der Waals surface area (Å²) in [5.74, 6) is 0.281. The number of aromatic nitrogens is 1. The van der Waals surface area contributed by atoms with Crippen LogP contribution in [0, 0.1) is 0 Å². The van der Waals surface area contributed by atoms with Crippen LogP contribution in [0.2, 0.25) is 0 Å². The van der Waals surface area contributed by atoms with E-state index in [0.717, 1.165) is 0 Å². The first-order valence-corrected chi connectivity index (χ1v) is 4.75. The van der Waals surface area contributed by atoms with Crippen molar-refractivity contribution in [1.82, 2.24) is 4.98 Å². The Balaban J connectivity index is 0.00000144. The Hall–Kier alpha value is -2.36. The number of ether oxygens (including phenoxy) is 1. The minimum atomic E-state index is -0.556. The zero-order valence-corrected chi connectivity index (χ0v) is 8.46. The maximum Gasteiger partial charge on any atom is 0.254 e. The van der Waals surface area contributed by atoms with Gasteiger partial charge >= 0.3 is 0 Å². The van der Waals surface area contributed by atoms with Crippen molar-refractivity contribution in [2.24, 2.45) is 5.73 Å². The lowest BCUT2D eigenvalue weighted by atomic mass is 10.2. The predicted molar refractivity (Wildman–Crippen MR) is 61.4 cm³/mol. The Labute approximate surface area is 94.2 Å². The molecule has 4 nitrogen and oxygen atoms in total. The highest BCUT2D eigenvalue weighted by atomic mass is 16.5. The summed E-state index contributed by atoms with van der Waals surface area (Å²) in [5.41, 5.74) is 5.48. The van der Waals surface area contributed by atoms with Gasteiger partial charge < -0.3 is 10.5 Å². The van der Waals surface area contributed by atoms with Gasteiger partial charge in [-0.2, -0.15) is 0 Å². The van der Waals surface area contributed by atoms with Crippen molar-refractivity contribution in [2.75, 3.05) is 0 Å². The third-order valence-corrected chi connectivity index (χ3v) is 1.99. The van der Waals surface area contributed by atoms with Gasteiger partial charge in [-0.3, -0.25) is 4.79 Å². The van der Waals surface area contributed by atoms with Crippen molar-refractivity contribution in [3.63, 3.8) is 0 Å². The molecule has 0 spiro atoms. The molecule has 0 aliphatic heterocycles. The van der Waals surface area contributed by atoms with Crippen LogP contribution in [0.1, 0.15) is 11.8 Å². The third-order valence-electron chi connectivity index (χ3n) is 1.99. The molecule has 0 unspecified atom stereocenters. The van der Waals surface area contributed by atoms with Crippen molar-refractivity contribution in [2.45, 2.75) is 0 Å². The van der Waals surface area contributed by atoms with Gasteiger partial charge in [-0.05, 0) is 24.3 Å². The number of rotatable bonds is 3. The Morgan fingerprint density at radius 3 is 2.62 bits per heavy atom. The van der Waals surface area contributed by atoms with Crippen molar-refractivity contribution in [3.05, 3.63) is 54.2 Å². The average molecular weight is 216 g/mol. The molecule has 1 aromatic heterocycles. The molecule has 1 aromatic carbocycles. The quantitative estimate of drug-likeness (QED) is 0.855. The highest BCUT2D eigenvalue weighted by Crippen LogP contribution is 2.21. The first-order chi connectivity index (χ1) is 7.77. The van der Waals surface area contributed by atoms with Gasteiger partial charge in [0, 0.05) is 7.62 Å². The monoisotopic (exact) mass is 216 g/mol. The number of primary amides is 1. The van der Waals surface area contributed by atoms with Gasteiger partial charge in [0.25, 0.3) is 5.91 Å². The first-order valence-electron chi connectivity index (χ1n) is 4.75. The molecule has 82 valence electrons. The topological polar surface area (TPSA) is 65.2 Å². The maximum absolute atomic E-state index is 11.1. The standard InChI is InChI=1S/C12H10N2O2.H2/c13-11(15)10-7-4-8-14-12(10)16-9-5-2-1-3-6-9;/h1-8H,(H2,13,15);1H. The molecule has 2 rings (SSSR count). The van der Waals surface area contributed by atoms with Gasteiger partial charge in [-0.25, -0.2) is 4.98 Å². The molecule has 4 heteroatoms. The molecule has 0 aliphatic carbocycles. The van der Waals surface area contributed by atoms with Crippen LogP contribution < -0.4 is 10.5 Å². The van der Waals surface area contributed by atoms with E-state index in [2.05, 4.69) is 4.98 Å². The van der Waals surface area contributed by atoms with E-state index < -0.39 is 5.91 Å². The summed E-state index contributed by atoms with van der Waals surface area (Å²) in [6.45, 7) is 0. The van der Waals surface area contributed by atoms with Crippen molar-refractivity contribution in [1.29, 1.82) is 0 Å². The van der Waals surface area contributed by atoms with Crippen LogP contribution >= 0.6 is 0 Å². The van der Waals surface area contributed by atoms with Crippen LogP contribution in [0.5, 0.6) is 11.6 Å². The Kier molecular flexibility index (Phi) is 2.82. The van der Waals surface area contributed by atoms with Crippen molar-refractivity contribution in [3.8, 4) is 11.6 Å². The van der Waals surface area contributed by atoms with E-state index in [1.165, 1.54) is 0 Å². The van der Waals surface area contributed by atoms with E-state index in [-0.39, 0.29) is 12.9 Å². The normalized spacial score (nSPS) is 9.75. The maximum atomic E-state index is 11.1. The second kappa shape index (κ2) is 4.44. The Morgan fingerprint density at radius 2 is 1.94 bits per heavy atom. The van der Waals surface area contributed by atoms with Gasteiger partial charge in [0.1, 0.15) is 11.3 Å². The molecule has 2 aromatic rings. The summed E-state index contributed by atoms with van der Waals surface area (Å²) in [6, 6.07) is 12.3. The molecule has 0 bridgehead atoms. The number of pyridine rings is 1. The molecular weight excluding hydrogens is 204 g/mol. The number of hydrogen-bond donors (Lipinski definition) is 1. The summed E-state index contributed by atoms with van der Waals surface area (Å²) in [5, 5.41) is 0. The lowest BCUT2D eigenvalue weighted by Gasteiger charge is -2.06. The van der Waals surface area contributed by atoms with E-state index in [0.29, 0.717) is 5.75 Å². The summed E-state index contributed by atoms with van der Waals surface area (Å²) in [7, 11) is 0. The summed E-state index contributed by atoms with van der Waals surface area (Å²) in [6.07, 6.45) is 1.55. The number of hydrogen-bond acceptors (Lipinski definition) is 3. The van der Waals surface area contributed by atoms with Gasteiger partial charge in [0.05, 0.1) is 0 Å². The van der Waals surface area contributed by atoms with Crippen LogP contribution in [0.25, 0.3) is 0 Å². The second-order valence-electron chi connectivity index (χ2n) is 3.14. The van der Waals surface area contributed by atoms with E-state index >= 15 is 0 Å². The zero-order chi connectivity index (χ0) is 11.4. The molecule has 1 heterocycles. The Bertz CT molecular complexity index is 503. The Morgan fingerprint density at radius 1 is 1.19 bits per heavy atom. The van der Waals surface area contributed by atoms with E-state index in [4.69, 9.17) is 10.5 Å².